The number of nitrogens with one attached hydrogen (secondary N) is 1. The molecule has 7 heteroatoms. The average molecular weight is 318 g/mol. The maximum absolute atomic E-state index is 12.0. The number of aryl methyl sites for hydroxylation is 1. The molecule has 0 aliphatic carbocycles. The van der Waals surface area contributed by atoms with Crippen LogP contribution in [0.1, 0.15) is 11.3 Å². The molecule has 0 bridgehead atoms. The molecule has 1 amide bonds. The van der Waals surface area contributed by atoms with Crippen LogP contribution in [-0.4, -0.2) is 34.8 Å². The van der Waals surface area contributed by atoms with Crippen molar-refractivity contribution in [1.82, 2.24) is 15.1 Å². The second-order valence-corrected chi connectivity index (χ2v) is 6.44. The van der Waals surface area contributed by atoms with Crippen molar-refractivity contribution >= 4 is 23.1 Å². The molecule has 116 valence electrons. The Hall–Kier alpha value is -2.15. The molecule has 6 nitrogen and oxygen atoms in total. The van der Waals surface area contributed by atoms with E-state index in [1.54, 1.807) is 24.5 Å². The zero-order valence-electron chi connectivity index (χ0n) is 12.4. The number of anilines is 1. The summed E-state index contributed by atoms with van der Waals surface area (Å²) in [5, 5.41) is 9.30. The van der Waals surface area contributed by atoms with Gasteiger partial charge in [-0.3, -0.25) is 9.59 Å². The van der Waals surface area contributed by atoms with Crippen molar-refractivity contribution in [2.24, 2.45) is 7.05 Å². The van der Waals surface area contributed by atoms with Crippen LogP contribution in [0.15, 0.2) is 34.4 Å². The maximum Gasteiger partial charge on any atom is 0.266 e. The van der Waals surface area contributed by atoms with E-state index in [9.17, 15) is 9.59 Å². The molecule has 0 spiro atoms. The van der Waals surface area contributed by atoms with Gasteiger partial charge < -0.3 is 10.2 Å². The predicted octanol–water partition coefficient (Wildman–Crippen LogP) is 0.779. The molecule has 2 aromatic rings. The third kappa shape index (κ3) is 3.36. The molecule has 2 aromatic heterocycles. The molecule has 1 atom stereocenters. The highest BCUT2D eigenvalue weighted by Crippen LogP contribution is 2.17. The lowest BCUT2D eigenvalue weighted by atomic mass is 10.2. The van der Waals surface area contributed by atoms with E-state index in [2.05, 4.69) is 15.3 Å². The van der Waals surface area contributed by atoms with Crippen LogP contribution in [0.4, 0.5) is 5.82 Å². The molecule has 22 heavy (non-hydrogen) atoms. The van der Waals surface area contributed by atoms with E-state index in [0.29, 0.717) is 6.42 Å². The lowest BCUT2D eigenvalue weighted by Gasteiger charge is -2.18. The predicted molar refractivity (Wildman–Crippen MR) is 86.3 cm³/mol. The van der Waals surface area contributed by atoms with Crippen molar-refractivity contribution in [3.05, 3.63) is 44.9 Å². The Kier molecular flexibility index (Phi) is 4.24. The van der Waals surface area contributed by atoms with Crippen molar-refractivity contribution in [3.8, 4) is 0 Å². The molecule has 3 rings (SSSR count). The monoisotopic (exact) mass is 318 g/mol. The number of thiophene rings is 1. The Morgan fingerprint density at radius 1 is 1.45 bits per heavy atom. The first-order valence-electron chi connectivity index (χ1n) is 7.23. The first kappa shape index (κ1) is 14.8. The molecular formula is C15H18N4O2S. The van der Waals surface area contributed by atoms with Gasteiger partial charge in [-0.05, 0) is 23.9 Å². The Morgan fingerprint density at radius 2 is 2.32 bits per heavy atom. The van der Waals surface area contributed by atoms with E-state index in [-0.39, 0.29) is 17.5 Å². The zero-order chi connectivity index (χ0) is 15.5. The van der Waals surface area contributed by atoms with Crippen LogP contribution >= 0.6 is 11.3 Å². The van der Waals surface area contributed by atoms with Gasteiger partial charge in [0, 0.05) is 37.1 Å². The Balaban J connectivity index is 1.56. The standard InChI is InChI=1S/C15H18N4O2S/c1-18-15(21)5-4-13(17-18)19-7-6-11(10-19)16-14(20)9-12-3-2-8-22-12/h2-5,8,11H,6-7,9-10H2,1H3,(H,16,20). The molecule has 1 saturated heterocycles. The number of aromatic nitrogens is 2. The summed E-state index contributed by atoms with van der Waals surface area (Å²) in [6, 6.07) is 7.31. The first-order valence-corrected chi connectivity index (χ1v) is 8.11. The quantitative estimate of drug-likeness (QED) is 0.905. The molecule has 0 radical (unpaired) electrons. The normalized spacial score (nSPS) is 17.7. The summed E-state index contributed by atoms with van der Waals surface area (Å²) in [4.78, 5) is 26.6. The van der Waals surface area contributed by atoms with Gasteiger partial charge in [-0.2, -0.15) is 5.10 Å². The average Bonchev–Trinajstić information content (AvgIpc) is 3.13. The van der Waals surface area contributed by atoms with Crippen LogP contribution < -0.4 is 15.8 Å². The lowest BCUT2D eigenvalue weighted by molar-refractivity contribution is -0.120. The summed E-state index contributed by atoms with van der Waals surface area (Å²) < 4.78 is 1.33. The van der Waals surface area contributed by atoms with Crippen molar-refractivity contribution in [1.29, 1.82) is 0 Å². The first-order chi connectivity index (χ1) is 10.6. The molecule has 1 unspecified atom stereocenters. The number of hydrogen-bond acceptors (Lipinski definition) is 5. The highest BCUT2D eigenvalue weighted by Gasteiger charge is 2.25. The number of nitrogens with zero attached hydrogens (tertiary/aromatic N) is 3. The summed E-state index contributed by atoms with van der Waals surface area (Å²) in [5.41, 5.74) is -0.122. The second-order valence-electron chi connectivity index (χ2n) is 5.41. The number of amides is 1. The SMILES string of the molecule is Cn1nc(N2CCC(NC(=O)Cc3cccs3)C2)ccc1=O. The van der Waals surface area contributed by atoms with Crippen LogP contribution in [0.3, 0.4) is 0 Å². The summed E-state index contributed by atoms with van der Waals surface area (Å²) in [6.45, 7) is 1.55. The molecule has 1 fully saturated rings. The van der Waals surface area contributed by atoms with Crippen molar-refractivity contribution < 1.29 is 4.79 Å². The highest BCUT2D eigenvalue weighted by molar-refractivity contribution is 7.10. The smallest absolute Gasteiger partial charge is 0.266 e. The van der Waals surface area contributed by atoms with Crippen LogP contribution in [0.2, 0.25) is 0 Å². The summed E-state index contributed by atoms with van der Waals surface area (Å²) in [7, 11) is 1.64. The molecule has 1 N–H and O–H groups in total. The van der Waals surface area contributed by atoms with E-state index < -0.39 is 0 Å². The van der Waals surface area contributed by atoms with Crippen LogP contribution in [0.5, 0.6) is 0 Å². The van der Waals surface area contributed by atoms with E-state index in [1.807, 2.05) is 17.5 Å². The van der Waals surface area contributed by atoms with Crippen LogP contribution in [0.25, 0.3) is 0 Å². The molecule has 1 aliphatic rings. The van der Waals surface area contributed by atoms with E-state index >= 15 is 0 Å². The lowest BCUT2D eigenvalue weighted by Crippen LogP contribution is -2.38. The Bertz CT molecular complexity index is 711. The fourth-order valence-electron chi connectivity index (χ4n) is 2.59. The fraction of sp³-hybridized carbons (Fsp3) is 0.400. The topological polar surface area (TPSA) is 67.2 Å². The summed E-state index contributed by atoms with van der Waals surface area (Å²) >= 11 is 1.60. The van der Waals surface area contributed by atoms with Crippen molar-refractivity contribution in [2.45, 2.75) is 18.9 Å². The Morgan fingerprint density at radius 3 is 3.05 bits per heavy atom. The second kappa shape index (κ2) is 6.31. The Labute approximate surface area is 132 Å². The van der Waals surface area contributed by atoms with Gasteiger partial charge in [0.15, 0.2) is 0 Å². The minimum absolute atomic E-state index is 0.0581. The van der Waals surface area contributed by atoms with Gasteiger partial charge >= 0.3 is 0 Å². The fourth-order valence-corrected chi connectivity index (χ4v) is 3.30. The minimum atomic E-state index is -0.122. The summed E-state index contributed by atoms with van der Waals surface area (Å²) in [5.74, 6) is 0.833. The molecule has 1 aliphatic heterocycles. The van der Waals surface area contributed by atoms with Gasteiger partial charge in [0.25, 0.3) is 5.56 Å². The van der Waals surface area contributed by atoms with Gasteiger partial charge in [0.05, 0.1) is 6.42 Å². The van der Waals surface area contributed by atoms with Gasteiger partial charge in [0.1, 0.15) is 5.82 Å². The summed E-state index contributed by atoms with van der Waals surface area (Å²) in [6.07, 6.45) is 1.33. The van der Waals surface area contributed by atoms with E-state index in [0.717, 1.165) is 30.2 Å². The van der Waals surface area contributed by atoms with Gasteiger partial charge in [-0.15, -0.1) is 11.3 Å². The van der Waals surface area contributed by atoms with E-state index in [4.69, 9.17) is 0 Å². The minimum Gasteiger partial charge on any atom is -0.353 e. The van der Waals surface area contributed by atoms with Crippen molar-refractivity contribution in [2.75, 3.05) is 18.0 Å². The molecular weight excluding hydrogens is 300 g/mol. The molecule has 0 saturated carbocycles. The van der Waals surface area contributed by atoms with Crippen molar-refractivity contribution in [3.63, 3.8) is 0 Å². The van der Waals surface area contributed by atoms with Gasteiger partial charge in [-0.25, -0.2) is 4.68 Å². The third-order valence-electron chi connectivity index (χ3n) is 3.74. The maximum atomic E-state index is 12.0. The molecule has 3 heterocycles. The number of carbonyl (C=O) groups excluding carboxylic acids is 1. The van der Waals surface area contributed by atoms with Gasteiger partial charge in [0.2, 0.25) is 5.91 Å². The number of carbonyl (C=O) groups is 1. The van der Waals surface area contributed by atoms with Gasteiger partial charge in [-0.1, -0.05) is 6.07 Å². The van der Waals surface area contributed by atoms with E-state index in [1.165, 1.54) is 10.7 Å². The number of hydrogen-bond donors (Lipinski definition) is 1. The number of rotatable bonds is 4. The van der Waals surface area contributed by atoms with Crippen LogP contribution in [-0.2, 0) is 18.3 Å². The molecule has 0 aromatic carbocycles. The highest BCUT2D eigenvalue weighted by atomic mass is 32.1. The zero-order valence-corrected chi connectivity index (χ0v) is 13.2. The largest absolute Gasteiger partial charge is 0.353 e. The third-order valence-corrected chi connectivity index (χ3v) is 4.62. The van der Waals surface area contributed by atoms with Crippen LogP contribution in [0, 0.1) is 0 Å².